The Morgan fingerprint density at radius 2 is 0.818 bits per heavy atom. The van der Waals surface area contributed by atoms with Gasteiger partial charge in [-0.05, 0) is 20.9 Å². The van der Waals surface area contributed by atoms with Gasteiger partial charge in [0, 0.05) is 0 Å². The number of nitrogens with zero attached hydrogens (tertiary/aromatic N) is 8. The second-order valence-corrected chi connectivity index (χ2v) is 1.40. The van der Waals surface area contributed by atoms with Crippen LogP contribution in [0.1, 0.15) is 0 Å². The first-order valence-corrected chi connectivity index (χ1v) is 2.34. The lowest BCUT2D eigenvalue weighted by molar-refractivity contribution is 1.06. The van der Waals surface area contributed by atoms with Crippen molar-refractivity contribution in [2.75, 3.05) is 0 Å². The van der Waals surface area contributed by atoms with Crippen LogP contribution in [-0.4, -0.2) is 0 Å². The van der Waals surface area contributed by atoms with Crippen LogP contribution >= 0.6 is 0 Å². The highest BCUT2D eigenvalue weighted by Gasteiger charge is 2.10. The Balaban J connectivity index is 0.000000605. The lowest BCUT2D eigenvalue weighted by Gasteiger charge is -1.79. The maximum atomic E-state index is 3.48. The molecule has 0 saturated heterocycles. The molecule has 0 radical (unpaired) electrons. The fourth-order valence-corrected chi connectivity index (χ4v) is 0.468. The average Bonchev–Trinajstić information content (AvgIpc) is 2.59. The number of hydrogen-bond acceptors (Lipinski definition) is 9. The smallest absolute Gasteiger partial charge is 0.248 e. The van der Waals surface area contributed by atoms with Crippen molar-refractivity contribution in [3.05, 3.63) is 11.6 Å². The van der Waals surface area contributed by atoms with Crippen LogP contribution in [0.15, 0.2) is 53.0 Å². The van der Waals surface area contributed by atoms with Gasteiger partial charge in [-0.15, -0.1) is 20.5 Å². The minimum atomic E-state index is 0. The quantitative estimate of drug-likeness (QED) is 0.559. The van der Waals surface area contributed by atoms with Gasteiger partial charge in [0.15, 0.2) is 0 Å². The summed E-state index contributed by atoms with van der Waals surface area (Å²) in [6.45, 7) is 0. The minimum Gasteiger partial charge on any atom is -0.344 e. The van der Waals surface area contributed by atoms with Crippen molar-refractivity contribution >= 4 is 0 Å². The first-order valence-electron chi connectivity index (χ1n) is 2.34. The summed E-state index contributed by atoms with van der Waals surface area (Å²) < 4.78 is 0. The van der Waals surface area contributed by atoms with E-state index < -0.39 is 0 Å². The molecule has 2 heterocycles. The van der Waals surface area contributed by atoms with Gasteiger partial charge in [0.25, 0.3) is 0 Å². The van der Waals surface area contributed by atoms with E-state index in [1.54, 1.807) is 0 Å². The molecule has 0 spiro atoms. The Morgan fingerprint density at radius 1 is 0.545 bits per heavy atom. The lowest BCUT2D eigenvalue weighted by atomic mass is 10.7. The van der Waals surface area contributed by atoms with Crippen LogP contribution in [0.25, 0.3) is 0 Å². The summed E-state index contributed by atoms with van der Waals surface area (Å²) in [6, 6.07) is 0. The van der Waals surface area contributed by atoms with Gasteiger partial charge in [-0.1, -0.05) is 0 Å². The van der Waals surface area contributed by atoms with Crippen LogP contribution in [0.3, 0.4) is 0 Å². The van der Waals surface area contributed by atoms with Gasteiger partial charge in [0.2, 0.25) is 11.6 Å². The molecule has 56 valence electrons. The molecule has 0 aromatic carbocycles. The first kappa shape index (κ1) is 7.21. The highest BCUT2D eigenvalue weighted by atomic mass is 15.6. The number of hydrogen-bond donors (Lipinski definition) is 1. The van der Waals surface area contributed by atoms with E-state index in [-0.39, 0.29) is 17.8 Å². The van der Waals surface area contributed by atoms with Crippen LogP contribution in [0.4, 0.5) is 0 Å². The fraction of sp³-hybridized carbons (Fsp3) is 0. The molecule has 9 heteroatoms. The van der Waals surface area contributed by atoms with E-state index in [9.17, 15) is 0 Å². The molecule has 0 amide bonds. The van der Waals surface area contributed by atoms with Crippen LogP contribution in [0.2, 0.25) is 0 Å². The van der Waals surface area contributed by atoms with E-state index in [2.05, 4.69) is 41.4 Å². The zero-order chi connectivity index (χ0) is 6.81. The molecule has 0 aromatic rings. The molecule has 2 aliphatic heterocycles. The molecular weight excluding hydrogens is 150 g/mol. The summed E-state index contributed by atoms with van der Waals surface area (Å²) in [7, 11) is 0. The first-order chi connectivity index (χ1) is 4.97. The second kappa shape index (κ2) is 2.79. The summed E-state index contributed by atoms with van der Waals surface area (Å²) in [6.07, 6.45) is 0. The molecule has 0 unspecified atom stereocenters. The second-order valence-electron chi connectivity index (χ2n) is 1.40. The molecule has 2 aliphatic rings. The highest BCUT2D eigenvalue weighted by Crippen LogP contribution is 2.19. The largest absolute Gasteiger partial charge is 0.344 e. The molecule has 0 bridgehead atoms. The minimum absolute atomic E-state index is 0. The zero-order valence-corrected chi connectivity index (χ0v) is 5.28. The Kier molecular flexibility index (Phi) is 1.83. The van der Waals surface area contributed by atoms with E-state index in [1.165, 1.54) is 0 Å². The Morgan fingerprint density at radius 3 is 1.09 bits per heavy atom. The summed E-state index contributed by atoms with van der Waals surface area (Å²) in [5, 5.41) is 26.9. The monoisotopic (exact) mass is 153 g/mol. The molecule has 0 aromatic heterocycles. The molecule has 11 heavy (non-hydrogen) atoms. The number of rotatable bonds is 0. The predicted octanol–water partition coefficient (Wildman–Crippen LogP) is 1.94. The van der Waals surface area contributed by atoms with Crippen LogP contribution < -0.4 is 6.15 Å². The molecule has 0 saturated carbocycles. The normalized spacial score (nSPS) is 18.2. The van der Waals surface area contributed by atoms with Crippen LogP contribution in [-0.2, 0) is 0 Å². The Hall–Kier alpha value is -1.90. The molecule has 3 N–H and O–H groups in total. The van der Waals surface area contributed by atoms with Gasteiger partial charge in [0.05, 0.1) is 0 Å². The van der Waals surface area contributed by atoms with E-state index >= 15 is 0 Å². The average molecular weight is 153 g/mol. The summed E-state index contributed by atoms with van der Waals surface area (Å²) >= 11 is 0. The van der Waals surface area contributed by atoms with Crippen molar-refractivity contribution in [3.8, 4) is 0 Å². The van der Waals surface area contributed by atoms with Crippen LogP contribution in [0.5, 0.6) is 0 Å². The highest BCUT2D eigenvalue weighted by molar-refractivity contribution is 5.08. The van der Waals surface area contributed by atoms with Gasteiger partial charge in [0.1, 0.15) is 0 Å². The molecule has 9 nitrogen and oxygen atoms in total. The third-order valence-corrected chi connectivity index (χ3v) is 0.838. The SMILES string of the molecule is N.N1=NC(=C2N=NN=N2)N=N1. The molecule has 2 rings (SSSR count). The Bertz CT molecular complexity index is 233. The molecule has 0 aliphatic carbocycles. The predicted molar refractivity (Wildman–Crippen MR) is 31.5 cm³/mol. The topological polar surface area (TPSA) is 134 Å². The van der Waals surface area contributed by atoms with E-state index in [0.717, 1.165) is 0 Å². The standard InChI is InChI=1S/C2N8.H3N/c3-1(4-8-7-3)2-5-9-10-6-2;/h;1H3. The molecule has 0 atom stereocenters. The van der Waals surface area contributed by atoms with Gasteiger partial charge >= 0.3 is 0 Å². The third-order valence-electron chi connectivity index (χ3n) is 0.838. The summed E-state index contributed by atoms with van der Waals surface area (Å²) in [5.41, 5.74) is 0. The van der Waals surface area contributed by atoms with Crippen molar-refractivity contribution in [3.63, 3.8) is 0 Å². The molecular formula is C2H3N9. The van der Waals surface area contributed by atoms with E-state index in [4.69, 9.17) is 0 Å². The van der Waals surface area contributed by atoms with Gasteiger partial charge in [-0.25, -0.2) is 0 Å². The van der Waals surface area contributed by atoms with Crippen molar-refractivity contribution in [2.24, 2.45) is 41.4 Å². The van der Waals surface area contributed by atoms with Crippen molar-refractivity contribution in [1.82, 2.24) is 6.15 Å². The maximum Gasteiger partial charge on any atom is 0.248 e. The van der Waals surface area contributed by atoms with Gasteiger partial charge in [-0.3, -0.25) is 0 Å². The molecule has 0 fully saturated rings. The van der Waals surface area contributed by atoms with Crippen molar-refractivity contribution in [2.45, 2.75) is 0 Å². The van der Waals surface area contributed by atoms with E-state index in [1.807, 2.05) is 0 Å². The van der Waals surface area contributed by atoms with E-state index in [0.29, 0.717) is 0 Å². The lowest BCUT2D eigenvalue weighted by Crippen LogP contribution is -1.71. The zero-order valence-electron chi connectivity index (χ0n) is 5.28. The third kappa shape index (κ3) is 1.16. The fourth-order valence-electron chi connectivity index (χ4n) is 0.468. The van der Waals surface area contributed by atoms with Crippen molar-refractivity contribution in [1.29, 1.82) is 0 Å². The summed E-state index contributed by atoms with van der Waals surface area (Å²) in [5.74, 6) is 0.481. The maximum absolute atomic E-state index is 3.48. The van der Waals surface area contributed by atoms with Crippen LogP contribution in [0, 0.1) is 0 Å². The van der Waals surface area contributed by atoms with Crippen molar-refractivity contribution < 1.29 is 0 Å². The Labute approximate surface area is 60.3 Å². The van der Waals surface area contributed by atoms with Gasteiger partial charge in [-0.2, -0.15) is 0 Å². The van der Waals surface area contributed by atoms with Gasteiger partial charge < -0.3 is 6.15 Å². The summed E-state index contributed by atoms with van der Waals surface area (Å²) in [4.78, 5) is 0.